The molecule has 0 bridgehead atoms. The average Bonchev–Trinajstić information content (AvgIpc) is 2.62. The lowest BCUT2D eigenvalue weighted by Gasteiger charge is -2.13. The molecular weight excluding hydrogens is 339 g/mol. The molecule has 0 heterocycles. The van der Waals surface area contributed by atoms with E-state index in [9.17, 15) is 14.0 Å². The average molecular weight is 360 g/mol. The molecule has 2 N–H and O–H groups in total. The minimum atomic E-state index is -0.458. The van der Waals surface area contributed by atoms with E-state index >= 15 is 0 Å². The van der Waals surface area contributed by atoms with E-state index in [-0.39, 0.29) is 12.1 Å². The molecule has 6 nitrogen and oxygen atoms in total. The highest BCUT2D eigenvalue weighted by atomic mass is 19.1. The van der Waals surface area contributed by atoms with E-state index < -0.39 is 17.6 Å². The van der Waals surface area contributed by atoms with Gasteiger partial charge >= 0.3 is 0 Å². The molecule has 0 unspecified atom stereocenters. The smallest absolute Gasteiger partial charge is 0.251 e. The Hall–Kier alpha value is -2.93. The molecule has 0 aliphatic carbocycles. The summed E-state index contributed by atoms with van der Waals surface area (Å²) in [6.07, 6.45) is 0. The first-order chi connectivity index (χ1) is 12.5. The Kier molecular flexibility index (Phi) is 7.11. The molecule has 0 fully saturated rings. The summed E-state index contributed by atoms with van der Waals surface area (Å²) in [5.41, 5.74) is 1.77. The van der Waals surface area contributed by atoms with Crippen LogP contribution in [0.2, 0.25) is 0 Å². The van der Waals surface area contributed by atoms with Crippen LogP contribution in [0.4, 0.5) is 10.1 Å². The van der Waals surface area contributed by atoms with Gasteiger partial charge in [0.05, 0.1) is 18.8 Å². The number of hydrogen-bond acceptors (Lipinski definition) is 4. The van der Waals surface area contributed by atoms with Gasteiger partial charge in [-0.2, -0.15) is 0 Å². The lowest BCUT2D eigenvalue weighted by atomic mass is 10.2. The number of carbonyl (C=O) groups is 2. The number of anilines is 1. The molecule has 0 radical (unpaired) electrons. The molecule has 138 valence electrons. The number of amides is 2. The zero-order valence-corrected chi connectivity index (χ0v) is 14.7. The summed E-state index contributed by atoms with van der Waals surface area (Å²) < 4.78 is 23.4. The van der Waals surface area contributed by atoms with E-state index in [2.05, 4.69) is 10.6 Å². The van der Waals surface area contributed by atoms with Crippen molar-refractivity contribution in [3.63, 3.8) is 0 Å². The van der Waals surface area contributed by atoms with E-state index in [4.69, 9.17) is 9.47 Å². The Morgan fingerprint density at radius 3 is 2.50 bits per heavy atom. The third kappa shape index (κ3) is 5.86. The lowest BCUT2D eigenvalue weighted by molar-refractivity contribution is -0.115. The van der Waals surface area contributed by atoms with E-state index in [0.717, 1.165) is 5.56 Å². The van der Waals surface area contributed by atoms with Gasteiger partial charge in [-0.3, -0.25) is 9.59 Å². The van der Waals surface area contributed by atoms with E-state index in [1.165, 1.54) is 24.3 Å². The second-order valence-electron chi connectivity index (χ2n) is 5.58. The molecule has 2 aromatic carbocycles. The van der Waals surface area contributed by atoms with E-state index in [1.54, 1.807) is 13.2 Å². The molecule has 7 heteroatoms. The summed E-state index contributed by atoms with van der Waals surface area (Å²) in [5.74, 6) is -0.763. The van der Waals surface area contributed by atoms with Crippen LogP contribution >= 0.6 is 0 Å². The van der Waals surface area contributed by atoms with Gasteiger partial charge in [-0.1, -0.05) is 6.07 Å². The summed E-state index contributed by atoms with van der Waals surface area (Å²) >= 11 is 0. The quantitative estimate of drug-likeness (QED) is 0.710. The van der Waals surface area contributed by atoms with Crippen LogP contribution in [0.15, 0.2) is 42.5 Å². The van der Waals surface area contributed by atoms with Gasteiger partial charge in [0.15, 0.2) is 0 Å². The topological polar surface area (TPSA) is 76.7 Å². The van der Waals surface area contributed by atoms with Crippen molar-refractivity contribution < 1.29 is 23.5 Å². The van der Waals surface area contributed by atoms with Crippen molar-refractivity contribution in [2.75, 3.05) is 32.2 Å². The normalized spacial score (nSPS) is 10.3. The molecule has 0 aromatic heterocycles. The van der Waals surface area contributed by atoms with Crippen molar-refractivity contribution in [1.82, 2.24) is 5.32 Å². The number of rotatable bonds is 8. The minimum Gasteiger partial charge on any atom is -0.489 e. The zero-order chi connectivity index (χ0) is 18.9. The van der Waals surface area contributed by atoms with Crippen LogP contribution in [0.1, 0.15) is 15.9 Å². The van der Waals surface area contributed by atoms with Crippen molar-refractivity contribution in [3.05, 3.63) is 59.4 Å². The number of hydrogen-bond donors (Lipinski definition) is 2. The van der Waals surface area contributed by atoms with E-state index in [0.29, 0.717) is 24.7 Å². The van der Waals surface area contributed by atoms with Crippen molar-refractivity contribution in [2.24, 2.45) is 0 Å². The first-order valence-corrected chi connectivity index (χ1v) is 8.05. The molecule has 0 saturated heterocycles. The third-order valence-corrected chi connectivity index (χ3v) is 3.47. The summed E-state index contributed by atoms with van der Waals surface area (Å²) in [6.45, 7) is 2.47. The minimum absolute atomic E-state index is 0.221. The first kappa shape index (κ1) is 19.4. The van der Waals surface area contributed by atoms with Gasteiger partial charge in [0.25, 0.3) is 5.91 Å². The maximum atomic E-state index is 12.9. The van der Waals surface area contributed by atoms with Crippen LogP contribution in [-0.4, -0.2) is 38.7 Å². The fraction of sp³-hybridized carbons (Fsp3) is 0.263. The van der Waals surface area contributed by atoms with Crippen LogP contribution in [0.25, 0.3) is 0 Å². The molecular formula is C19H21FN2O4. The molecule has 0 aliphatic rings. The van der Waals surface area contributed by atoms with Gasteiger partial charge in [0.1, 0.15) is 18.2 Å². The van der Waals surface area contributed by atoms with Crippen LogP contribution in [0.5, 0.6) is 5.75 Å². The summed E-state index contributed by atoms with van der Waals surface area (Å²) in [4.78, 5) is 24.1. The fourth-order valence-electron chi connectivity index (χ4n) is 2.15. The standard InChI is InChI=1S/C19H21FN2O4/c1-13-3-8-16(17(11-13)26-10-9-25-2)22-18(23)12-21-19(24)14-4-6-15(20)7-5-14/h3-8,11H,9-10,12H2,1-2H3,(H,21,24)(H,22,23). The van der Waals surface area contributed by atoms with Gasteiger partial charge < -0.3 is 20.1 Å². The number of nitrogens with one attached hydrogen (secondary N) is 2. The molecule has 2 rings (SSSR count). The van der Waals surface area contributed by atoms with Gasteiger partial charge in [-0.05, 0) is 48.9 Å². The molecule has 26 heavy (non-hydrogen) atoms. The first-order valence-electron chi connectivity index (χ1n) is 8.05. The molecule has 0 spiro atoms. The van der Waals surface area contributed by atoms with Crippen LogP contribution in [0.3, 0.4) is 0 Å². The SMILES string of the molecule is COCCOc1cc(C)ccc1NC(=O)CNC(=O)c1ccc(F)cc1. The largest absolute Gasteiger partial charge is 0.489 e. The van der Waals surface area contributed by atoms with Gasteiger partial charge in [0, 0.05) is 12.7 Å². The predicted molar refractivity (Wildman–Crippen MR) is 95.9 cm³/mol. The van der Waals surface area contributed by atoms with Crippen molar-refractivity contribution >= 4 is 17.5 Å². The second kappa shape index (κ2) is 9.53. The molecule has 0 atom stereocenters. The number of aryl methyl sites for hydroxylation is 1. The van der Waals surface area contributed by atoms with Crippen molar-refractivity contribution in [2.45, 2.75) is 6.92 Å². The molecule has 0 saturated carbocycles. The summed E-state index contributed by atoms with van der Waals surface area (Å²) in [5, 5.41) is 5.19. The Bertz CT molecular complexity index is 763. The monoisotopic (exact) mass is 360 g/mol. The van der Waals surface area contributed by atoms with Crippen LogP contribution in [0, 0.1) is 12.7 Å². The Morgan fingerprint density at radius 2 is 1.81 bits per heavy atom. The number of halogens is 1. The molecule has 2 aromatic rings. The second-order valence-corrected chi connectivity index (χ2v) is 5.58. The Labute approximate surface area is 151 Å². The highest BCUT2D eigenvalue weighted by Gasteiger charge is 2.11. The number of benzene rings is 2. The maximum Gasteiger partial charge on any atom is 0.251 e. The van der Waals surface area contributed by atoms with Crippen LogP contribution in [-0.2, 0) is 9.53 Å². The summed E-state index contributed by atoms with van der Waals surface area (Å²) in [7, 11) is 1.58. The van der Waals surface area contributed by atoms with Gasteiger partial charge in [-0.25, -0.2) is 4.39 Å². The number of methoxy groups -OCH3 is 1. The maximum absolute atomic E-state index is 12.9. The van der Waals surface area contributed by atoms with Crippen molar-refractivity contribution in [3.8, 4) is 5.75 Å². The highest BCUT2D eigenvalue weighted by Crippen LogP contribution is 2.25. The number of ether oxygens (including phenoxy) is 2. The zero-order valence-electron chi connectivity index (χ0n) is 14.7. The Morgan fingerprint density at radius 1 is 1.08 bits per heavy atom. The predicted octanol–water partition coefficient (Wildman–Crippen LogP) is 2.53. The van der Waals surface area contributed by atoms with Gasteiger partial charge in [-0.15, -0.1) is 0 Å². The third-order valence-electron chi connectivity index (χ3n) is 3.47. The molecule has 0 aliphatic heterocycles. The van der Waals surface area contributed by atoms with Gasteiger partial charge in [0.2, 0.25) is 5.91 Å². The van der Waals surface area contributed by atoms with Crippen molar-refractivity contribution in [1.29, 1.82) is 0 Å². The number of carbonyl (C=O) groups excluding carboxylic acids is 2. The van der Waals surface area contributed by atoms with Crippen LogP contribution < -0.4 is 15.4 Å². The molecule has 2 amide bonds. The highest BCUT2D eigenvalue weighted by molar-refractivity contribution is 5.99. The lowest BCUT2D eigenvalue weighted by Crippen LogP contribution is -2.33. The summed E-state index contributed by atoms with van der Waals surface area (Å²) in [6, 6.07) is 10.5. The fourth-order valence-corrected chi connectivity index (χ4v) is 2.15. The van der Waals surface area contributed by atoms with E-state index in [1.807, 2.05) is 19.1 Å². The Balaban J connectivity index is 1.92.